The number of hydrogen-bond acceptors (Lipinski definition) is 2. The van der Waals surface area contributed by atoms with Crippen molar-refractivity contribution in [3.63, 3.8) is 0 Å². The average molecular weight is 233 g/mol. The molecular weight excluding hydrogens is 214 g/mol. The Bertz CT molecular complexity index is 403. The summed E-state index contributed by atoms with van der Waals surface area (Å²) in [7, 11) is 0. The van der Waals surface area contributed by atoms with Gasteiger partial charge in [-0.25, -0.2) is 0 Å². The van der Waals surface area contributed by atoms with Crippen molar-refractivity contribution >= 4 is 11.7 Å². The van der Waals surface area contributed by atoms with Crippen LogP contribution in [0.4, 0.5) is 5.69 Å². The summed E-state index contributed by atoms with van der Waals surface area (Å²) in [5.41, 5.74) is 1.24. The molecule has 0 aliphatic carbocycles. The molecule has 2 rings (SSSR count). The number of hydrogen-bond donors (Lipinski definition) is 1. The predicted octanol–water partition coefficient (Wildman–Crippen LogP) is 2.65. The van der Waals surface area contributed by atoms with Crippen LogP contribution in [0.1, 0.15) is 32.3 Å². The van der Waals surface area contributed by atoms with Gasteiger partial charge < -0.3 is 10.0 Å². The maximum Gasteiger partial charge on any atom is 0.313 e. The minimum Gasteiger partial charge on any atom is -0.481 e. The molecule has 0 radical (unpaired) electrons. The van der Waals surface area contributed by atoms with Gasteiger partial charge >= 0.3 is 5.97 Å². The standard InChI is InChI=1S/C14H19NO2/c1-14(2,13(16)17)11-5-7-12(8-6-11)15-9-3-4-10-15/h5-8H,3-4,9-10H2,1-2H3,(H,16,17). The fraction of sp³-hybridized carbons (Fsp3) is 0.500. The van der Waals surface area contributed by atoms with Crippen LogP contribution >= 0.6 is 0 Å². The molecule has 17 heavy (non-hydrogen) atoms. The maximum atomic E-state index is 11.2. The second-order valence-electron chi connectivity index (χ2n) is 5.17. The Morgan fingerprint density at radius 3 is 2.18 bits per heavy atom. The van der Waals surface area contributed by atoms with E-state index in [2.05, 4.69) is 4.90 Å². The Labute approximate surface area is 102 Å². The van der Waals surface area contributed by atoms with Crippen LogP contribution in [0.15, 0.2) is 24.3 Å². The van der Waals surface area contributed by atoms with Crippen molar-refractivity contribution in [1.82, 2.24) is 0 Å². The van der Waals surface area contributed by atoms with Crippen molar-refractivity contribution in [3.05, 3.63) is 29.8 Å². The molecule has 0 atom stereocenters. The van der Waals surface area contributed by atoms with Crippen LogP contribution in [0.25, 0.3) is 0 Å². The van der Waals surface area contributed by atoms with Crippen molar-refractivity contribution in [1.29, 1.82) is 0 Å². The molecule has 1 aliphatic heterocycles. The van der Waals surface area contributed by atoms with E-state index >= 15 is 0 Å². The van der Waals surface area contributed by atoms with Crippen molar-refractivity contribution in [3.8, 4) is 0 Å². The summed E-state index contributed by atoms with van der Waals surface area (Å²) >= 11 is 0. The second kappa shape index (κ2) is 4.40. The van der Waals surface area contributed by atoms with Crippen LogP contribution in [0.5, 0.6) is 0 Å². The van der Waals surface area contributed by atoms with Gasteiger partial charge in [-0.2, -0.15) is 0 Å². The average Bonchev–Trinajstić information content (AvgIpc) is 2.82. The SMILES string of the molecule is CC(C)(C(=O)O)c1ccc(N2CCCC2)cc1. The zero-order valence-electron chi connectivity index (χ0n) is 10.4. The molecule has 0 spiro atoms. The molecule has 0 unspecified atom stereocenters. The van der Waals surface area contributed by atoms with E-state index in [0.29, 0.717) is 0 Å². The second-order valence-corrected chi connectivity index (χ2v) is 5.17. The number of anilines is 1. The summed E-state index contributed by atoms with van der Waals surface area (Å²) < 4.78 is 0. The lowest BCUT2D eigenvalue weighted by molar-refractivity contribution is -0.142. The number of carbonyl (C=O) groups is 1. The van der Waals surface area contributed by atoms with Gasteiger partial charge in [-0.3, -0.25) is 4.79 Å². The monoisotopic (exact) mass is 233 g/mol. The summed E-state index contributed by atoms with van der Waals surface area (Å²) in [6.07, 6.45) is 2.50. The first kappa shape index (κ1) is 12.0. The molecule has 0 aromatic heterocycles. The lowest BCUT2D eigenvalue weighted by atomic mass is 9.85. The van der Waals surface area contributed by atoms with E-state index in [4.69, 9.17) is 5.11 Å². The summed E-state index contributed by atoms with van der Waals surface area (Å²) in [5, 5.41) is 9.17. The summed E-state index contributed by atoms with van der Waals surface area (Å²) in [4.78, 5) is 13.5. The molecule has 1 heterocycles. The Balaban J connectivity index is 2.20. The first-order chi connectivity index (χ1) is 8.01. The minimum atomic E-state index is -0.816. The highest BCUT2D eigenvalue weighted by molar-refractivity contribution is 5.80. The first-order valence-corrected chi connectivity index (χ1v) is 6.11. The summed E-state index contributed by atoms with van der Waals surface area (Å²) in [5.74, 6) is -0.786. The minimum absolute atomic E-state index is 0.786. The molecule has 0 amide bonds. The third-order valence-electron chi connectivity index (χ3n) is 3.59. The number of aliphatic carboxylic acids is 1. The molecule has 1 saturated heterocycles. The molecule has 92 valence electrons. The third-order valence-corrected chi connectivity index (χ3v) is 3.59. The van der Waals surface area contributed by atoms with Crippen LogP contribution in [-0.2, 0) is 10.2 Å². The molecule has 1 N–H and O–H groups in total. The van der Waals surface area contributed by atoms with E-state index in [1.165, 1.54) is 18.5 Å². The molecule has 1 aromatic carbocycles. The highest BCUT2D eigenvalue weighted by Gasteiger charge is 2.29. The Kier molecular flexibility index (Phi) is 3.09. The number of benzene rings is 1. The van der Waals surface area contributed by atoms with Gasteiger partial charge in [0.25, 0.3) is 0 Å². The van der Waals surface area contributed by atoms with Gasteiger partial charge in [-0.15, -0.1) is 0 Å². The van der Waals surface area contributed by atoms with Gasteiger partial charge in [0.2, 0.25) is 0 Å². The van der Waals surface area contributed by atoms with Gasteiger partial charge in [-0.1, -0.05) is 12.1 Å². The predicted molar refractivity (Wildman–Crippen MR) is 68.6 cm³/mol. The van der Waals surface area contributed by atoms with Crippen LogP contribution < -0.4 is 4.90 Å². The number of rotatable bonds is 3. The van der Waals surface area contributed by atoms with Gasteiger partial charge in [0, 0.05) is 18.8 Å². The third kappa shape index (κ3) is 2.28. The van der Waals surface area contributed by atoms with Crippen molar-refractivity contribution < 1.29 is 9.90 Å². The zero-order chi connectivity index (χ0) is 12.5. The van der Waals surface area contributed by atoms with E-state index in [9.17, 15) is 4.79 Å². The molecule has 1 aliphatic rings. The van der Waals surface area contributed by atoms with E-state index < -0.39 is 11.4 Å². The first-order valence-electron chi connectivity index (χ1n) is 6.11. The number of carboxylic acid groups (broad SMARTS) is 1. The molecule has 3 heteroatoms. The zero-order valence-corrected chi connectivity index (χ0v) is 10.4. The Morgan fingerprint density at radius 1 is 1.18 bits per heavy atom. The molecule has 3 nitrogen and oxygen atoms in total. The summed E-state index contributed by atoms with van der Waals surface area (Å²) in [6.45, 7) is 5.70. The van der Waals surface area contributed by atoms with Crippen molar-refractivity contribution in [2.24, 2.45) is 0 Å². The number of nitrogens with zero attached hydrogens (tertiary/aromatic N) is 1. The van der Waals surface area contributed by atoms with E-state index in [1.807, 2.05) is 24.3 Å². The van der Waals surface area contributed by atoms with Gasteiger partial charge in [0.15, 0.2) is 0 Å². The Hall–Kier alpha value is -1.51. The highest BCUT2D eigenvalue weighted by atomic mass is 16.4. The fourth-order valence-corrected chi connectivity index (χ4v) is 2.19. The van der Waals surface area contributed by atoms with Crippen molar-refractivity contribution in [2.45, 2.75) is 32.1 Å². The molecular formula is C14H19NO2. The topological polar surface area (TPSA) is 40.5 Å². The highest BCUT2D eigenvalue weighted by Crippen LogP contribution is 2.27. The Morgan fingerprint density at radius 2 is 1.71 bits per heavy atom. The number of carboxylic acids is 1. The largest absolute Gasteiger partial charge is 0.481 e. The van der Waals surface area contributed by atoms with E-state index in [-0.39, 0.29) is 0 Å². The van der Waals surface area contributed by atoms with Gasteiger partial charge in [0.05, 0.1) is 5.41 Å². The van der Waals surface area contributed by atoms with Gasteiger partial charge in [-0.05, 0) is 44.4 Å². The van der Waals surface area contributed by atoms with Crippen molar-refractivity contribution in [2.75, 3.05) is 18.0 Å². The smallest absolute Gasteiger partial charge is 0.313 e. The van der Waals surface area contributed by atoms with Gasteiger partial charge in [0.1, 0.15) is 0 Å². The van der Waals surface area contributed by atoms with Crippen LogP contribution in [-0.4, -0.2) is 24.2 Å². The summed E-state index contributed by atoms with van der Waals surface area (Å²) in [6, 6.07) is 7.93. The fourth-order valence-electron chi connectivity index (χ4n) is 2.19. The lowest BCUT2D eigenvalue weighted by Crippen LogP contribution is -2.28. The van der Waals surface area contributed by atoms with Crippen LogP contribution in [0.2, 0.25) is 0 Å². The lowest BCUT2D eigenvalue weighted by Gasteiger charge is -2.22. The molecule has 0 saturated carbocycles. The van der Waals surface area contributed by atoms with Crippen LogP contribution in [0.3, 0.4) is 0 Å². The maximum absolute atomic E-state index is 11.2. The normalized spacial score (nSPS) is 16.2. The van der Waals surface area contributed by atoms with E-state index in [0.717, 1.165) is 18.7 Å². The molecule has 0 bridgehead atoms. The quantitative estimate of drug-likeness (QED) is 0.872. The van der Waals surface area contributed by atoms with E-state index in [1.54, 1.807) is 13.8 Å². The molecule has 1 aromatic rings. The van der Waals surface area contributed by atoms with Crippen LogP contribution in [0, 0.1) is 0 Å². The molecule has 1 fully saturated rings.